The Hall–Kier alpha value is -2.22. The van der Waals surface area contributed by atoms with Gasteiger partial charge in [0.25, 0.3) is 0 Å². The lowest BCUT2D eigenvalue weighted by Crippen LogP contribution is -1.87. The van der Waals surface area contributed by atoms with Gasteiger partial charge in [-0.2, -0.15) is 0 Å². The minimum absolute atomic E-state index is 0.889. The molecule has 0 heterocycles. The zero-order chi connectivity index (χ0) is 13.4. The van der Waals surface area contributed by atoms with Crippen LogP contribution < -0.4 is 9.47 Å². The average molecular weight is 252 g/mol. The van der Waals surface area contributed by atoms with Crippen LogP contribution in [0.15, 0.2) is 42.5 Å². The predicted octanol–water partition coefficient (Wildman–Crippen LogP) is 4.32. The van der Waals surface area contributed by atoms with Crippen molar-refractivity contribution in [2.24, 2.45) is 0 Å². The highest BCUT2D eigenvalue weighted by Crippen LogP contribution is 2.32. The zero-order valence-electron chi connectivity index (χ0n) is 11.4. The molecule has 0 unspecified atom stereocenters. The van der Waals surface area contributed by atoms with Crippen LogP contribution >= 0.6 is 0 Å². The molecule has 0 amide bonds. The lowest BCUT2D eigenvalue weighted by molar-refractivity contribution is 0.415. The molecule has 0 saturated heterocycles. The fourth-order valence-electron chi connectivity index (χ4n) is 2.55. The van der Waals surface area contributed by atoms with E-state index in [-0.39, 0.29) is 0 Å². The Balaban J connectivity index is 2.39. The summed E-state index contributed by atoms with van der Waals surface area (Å²) in [7, 11) is 3.39. The molecule has 0 aromatic heterocycles. The summed E-state index contributed by atoms with van der Waals surface area (Å²) in [5.74, 6) is 1.78. The van der Waals surface area contributed by atoms with Gasteiger partial charge in [-0.25, -0.2) is 0 Å². The molecule has 0 aliphatic rings. The van der Waals surface area contributed by atoms with Gasteiger partial charge in [-0.1, -0.05) is 18.2 Å². The van der Waals surface area contributed by atoms with E-state index >= 15 is 0 Å². The van der Waals surface area contributed by atoms with Crippen LogP contribution in [0.1, 0.15) is 5.56 Å². The number of ether oxygens (including phenoxy) is 2. The lowest BCUT2D eigenvalue weighted by Gasteiger charge is -2.10. The first-order chi connectivity index (χ1) is 9.22. The second-order valence-corrected chi connectivity index (χ2v) is 4.69. The summed E-state index contributed by atoms with van der Waals surface area (Å²) in [5, 5.41) is 4.93. The van der Waals surface area contributed by atoms with Crippen LogP contribution in [-0.4, -0.2) is 14.2 Å². The number of hydrogen-bond donors (Lipinski definition) is 0. The number of aryl methyl sites for hydroxylation is 1. The maximum absolute atomic E-state index is 5.31. The molecule has 0 aliphatic heterocycles. The molecule has 19 heavy (non-hydrogen) atoms. The monoisotopic (exact) mass is 252 g/mol. The molecule has 0 atom stereocenters. The van der Waals surface area contributed by atoms with E-state index in [1.807, 2.05) is 12.1 Å². The zero-order valence-corrected chi connectivity index (χ0v) is 11.4. The predicted molar refractivity (Wildman–Crippen MR) is 79.3 cm³/mol. The largest absolute Gasteiger partial charge is 0.497 e. The van der Waals surface area contributed by atoms with Crippen molar-refractivity contribution in [1.82, 2.24) is 0 Å². The molecule has 0 bridgehead atoms. The van der Waals surface area contributed by atoms with Crippen molar-refractivity contribution in [3.8, 4) is 11.5 Å². The maximum atomic E-state index is 5.31. The summed E-state index contributed by atoms with van der Waals surface area (Å²) in [4.78, 5) is 0. The number of fused-ring (bicyclic) bond motifs is 3. The Labute approximate surface area is 112 Å². The minimum atomic E-state index is 0.889. The van der Waals surface area contributed by atoms with Gasteiger partial charge in [-0.15, -0.1) is 0 Å². The second kappa shape index (κ2) is 4.47. The van der Waals surface area contributed by atoms with Crippen LogP contribution in [0.5, 0.6) is 11.5 Å². The van der Waals surface area contributed by atoms with Crippen molar-refractivity contribution in [2.45, 2.75) is 6.92 Å². The normalized spacial score (nSPS) is 10.9. The third-order valence-corrected chi connectivity index (χ3v) is 3.57. The van der Waals surface area contributed by atoms with Gasteiger partial charge in [0.2, 0.25) is 0 Å². The molecule has 3 rings (SSSR count). The molecule has 96 valence electrons. The van der Waals surface area contributed by atoms with E-state index in [0.29, 0.717) is 0 Å². The Morgan fingerprint density at radius 2 is 1.32 bits per heavy atom. The summed E-state index contributed by atoms with van der Waals surface area (Å²) in [5.41, 5.74) is 1.25. The standard InChI is InChI=1S/C17H16O2/c1-11-8-12-9-13(18-2)4-6-15(12)16-7-5-14(19-3)10-17(11)16/h4-10H,1-3H3. The van der Waals surface area contributed by atoms with E-state index in [1.165, 1.54) is 27.1 Å². The van der Waals surface area contributed by atoms with Crippen molar-refractivity contribution in [1.29, 1.82) is 0 Å². The summed E-state index contributed by atoms with van der Waals surface area (Å²) < 4.78 is 10.6. The minimum Gasteiger partial charge on any atom is -0.497 e. The van der Waals surface area contributed by atoms with Crippen LogP contribution in [0.25, 0.3) is 21.5 Å². The van der Waals surface area contributed by atoms with Gasteiger partial charge in [-0.3, -0.25) is 0 Å². The van der Waals surface area contributed by atoms with E-state index in [9.17, 15) is 0 Å². The van der Waals surface area contributed by atoms with Gasteiger partial charge < -0.3 is 9.47 Å². The fraction of sp³-hybridized carbons (Fsp3) is 0.176. The van der Waals surface area contributed by atoms with Crippen molar-refractivity contribution in [3.63, 3.8) is 0 Å². The van der Waals surface area contributed by atoms with Crippen LogP contribution in [-0.2, 0) is 0 Å². The highest BCUT2D eigenvalue weighted by Gasteiger charge is 2.06. The molecule has 2 heteroatoms. The van der Waals surface area contributed by atoms with Gasteiger partial charge in [0.15, 0.2) is 0 Å². The van der Waals surface area contributed by atoms with Gasteiger partial charge >= 0.3 is 0 Å². The number of hydrogen-bond acceptors (Lipinski definition) is 2. The molecular formula is C17H16O2. The van der Waals surface area contributed by atoms with E-state index in [4.69, 9.17) is 9.47 Å². The molecule has 0 N–H and O–H groups in total. The molecule has 0 radical (unpaired) electrons. The second-order valence-electron chi connectivity index (χ2n) is 4.69. The lowest BCUT2D eigenvalue weighted by atomic mass is 9.97. The molecular weight excluding hydrogens is 236 g/mol. The highest BCUT2D eigenvalue weighted by atomic mass is 16.5. The van der Waals surface area contributed by atoms with Crippen molar-refractivity contribution in [3.05, 3.63) is 48.0 Å². The molecule has 2 nitrogen and oxygen atoms in total. The van der Waals surface area contributed by atoms with Crippen LogP contribution in [0, 0.1) is 6.92 Å². The van der Waals surface area contributed by atoms with Crippen LogP contribution in [0.2, 0.25) is 0 Å². The van der Waals surface area contributed by atoms with Crippen molar-refractivity contribution in [2.75, 3.05) is 14.2 Å². The summed E-state index contributed by atoms with van der Waals surface area (Å²) in [6, 6.07) is 14.6. The Bertz CT molecular complexity index is 760. The van der Waals surface area contributed by atoms with E-state index in [1.54, 1.807) is 14.2 Å². The average Bonchev–Trinajstić information content (AvgIpc) is 2.46. The van der Waals surface area contributed by atoms with Gasteiger partial charge in [-0.05, 0) is 58.3 Å². The van der Waals surface area contributed by atoms with Crippen molar-refractivity contribution < 1.29 is 9.47 Å². The third-order valence-electron chi connectivity index (χ3n) is 3.57. The molecule has 0 spiro atoms. The first-order valence-electron chi connectivity index (χ1n) is 6.28. The van der Waals surface area contributed by atoms with Crippen LogP contribution in [0.4, 0.5) is 0 Å². The van der Waals surface area contributed by atoms with Gasteiger partial charge in [0.1, 0.15) is 11.5 Å². The number of benzene rings is 3. The first-order valence-corrected chi connectivity index (χ1v) is 6.28. The Morgan fingerprint density at radius 1 is 0.684 bits per heavy atom. The Kier molecular flexibility index (Phi) is 2.79. The smallest absolute Gasteiger partial charge is 0.119 e. The van der Waals surface area contributed by atoms with E-state index in [0.717, 1.165) is 11.5 Å². The van der Waals surface area contributed by atoms with Gasteiger partial charge in [0.05, 0.1) is 14.2 Å². The first kappa shape index (κ1) is 11.8. The van der Waals surface area contributed by atoms with Crippen LogP contribution in [0.3, 0.4) is 0 Å². The summed E-state index contributed by atoms with van der Waals surface area (Å²) in [6.45, 7) is 2.13. The Morgan fingerprint density at radius 3 is 2.00 bits per heavy atom. The summed E-state index contributed by atoms with van der Waals surface area (Å²) in [6.07, 6.45) is 0. The maximum Gasteiger partial charge on any atom is 0.119 e. The van der Waals surface area contributed by atoms with Gasteiger partial charge in [0, 0.05) is 0 Å². The molecule has 3 aromatic rings. The molecule has 0 saturated carbocycles. The molecule has 3 aromatic carbocycles. The molecule has 0 fully saturated rings. The topological polar surface area (TPSA) is 18.5 Å². The van der Waals surface area contributed by atoms with E-state index in [2.05, 4.69) is 37.3 Å². The fourth-order valence-corrected chi connectivity index (χ4v) is 2.55. The summed E-state index contributed by atoms with van der Waals surface area (Å²) >= 11 is 0. The molecule has 0 aliphatic carbocycles. The third kappa shape index (κ3) is 1.89. The highest BCUT2D eigenvalue weighted by molar-refractivity contribution is 6.09. The van der Waals surface area contributed by atoms with E-state index < -0.39 is 0 Å². The number of rotatable bonds is 2. The quantitative estimate of drug-likeness (QED) is 0.632. The SMILES string of the molecule is COc1ccc2c(c1)cc(C)c1cc(OC)ccc12. The number of methoxy groups -OCH3 is 2. The van der Waals surface area contributed by atoms with Crippen molar-refractivity contribution >= 4 is 21.5 Å².